The number of hydrogen-bond donors (Lipinski definition) is 0. The van der Waals surface area contributed by atoms with E-state index in [9.17, 15) is 9.59 Å². The van der Waals surface area contributed by atoms with Gasteiger partial charge in [-0.05, 0) is 13.3 Å². The van der Waals surface area contributed by atoms with Crippen molar-refractivity contribution in [3.8, 4) is 0 Å². The Morgan fingerprint density at radius 1 is 1.80 bits per heavy atom. The molecule has 0 spiro atoms. The lowest BCUT2D eigenvalue weighted by molar-refractivity contribution is -0.133. The topological polar surface area (TPSA) is 37.4 Å². The van der Waals surface area contributed by atoms with E-state index in [2.05, 4.69) is 0 Å². The summed E-state index contributed by atoms with van der Waals surface area (Å²) in [6.07, 6.45) is 1.45. The lowest BCUT2D eigenvalue weighted by atomic mass is 10.1. The molecule has 1 fully saturated rings. The van der Waals surface area contributed by atoms with E-state index in [1.165, 1.54) is 0 Å². The lowest BCUT2D eigenvalue weighted by Crippen LogP contribution is -2.27. The van der Waals surface area contributed by atoms with E-state index in [0.717, 1.165) is 19.4 Å². The quantitative estimate of drug-likeness (QED) is 0.402. The molecule has 0 radical (unpaired) electrons. The lowest BCUT2D eigenvalue weighted by Gasteiger charge is -2.11. The Labute approximate surface area is 60.0 Å². The molecule has 1 rings (SSSR count). The molecule has 1 saturated heterocycles. The molecule has 0 aromatic heterocycles. The Bertz CT molecular complexity index is 156. The van der Waals surface area contributed by atoms with Crippen molar-refractivity contribution in [2.75, 3.05) is 13.1 Å². The molecule has 56 valence electrons. The third-order valence-electron chi connectivity index (χ3n) is 1.88. The van der Waals surface area contributed by atoms with Crippen molar-refractivity contribution in [2.45, 2.75) is 13.3 Å². The first-order valence-electron chi connectivity index (χ1n) is 3.53. The molecule has 3 nitrogen and oxygen atoms in total. The summed E-state index contributed by atoms with van der Waals surface area (Å²) in [6, 6.07) is 0. The molecular weight excluding hydrogens is 130 g/mol. The van der Waals surface area contributed by atoms with Crippen LogP contribution in [0.2, 0.25) is 0 Å². The second-order valence-corrected chi connectivity index (χ2v) is 2.45. The molecule has 0 aromatic carbocycles. The summed E-state index contributed by atoms with van der Waals surface area (Å²) in [4.78, 5) is 23.0. The van der Waals surface area contributed by atoms with Crippen molar-refractivity contribution in [1.29, 1.82) is 0 Å². The SMILES string of the molecule is CCN1CCC(C=O)C1=O. The highest BCUT2D eigenvalue weighted by Gasteiger charge is 2.29. The summed E-state index contributed by atoms with van der Waals surface area (Å²) in [5.74, 6) is -0.350. The van der Waals surface area contributed by atoms with Crippen molar-refractivity contribution >= 4 is 12.2 Å². The highest BCUT2D eigenvalue weighted by Crippen LogP contribution is 2.14. The summed E-state index contributed by atoms with van der Waals surface area (Å²) in [5.41, 5.74) is 0. The van der Waals surface area contributed by atoms with Gasteiger partial charge in [-0.25, -0.2) is 0 Å². The maximum atomic E-state index is 11.1. The van der Waals surface area contributed by atoms with Crippen LogP contribution in [0.4, 0.5) is 0 Å². The number of aldehydes is 1. The predicted octanol–water partition coefficient (Wildman–Crippen LogP) is 0.0537. The van der Waals surface area contributed by atoms with Gasteiger partial charge in [-0.3, -0.25) is 4.79 Å². The molecule has 1 amide bonds. The van der Waals surface area contributed by atoms with Gasteiger partial charge in [-0.15, -0.1) is 0 Å². The van der Waals surface area contributed by atoms with Gasteiger partial charge in [-0.1, -0.05) is 0 Å². The van der Waals surface area contributed by atoms with Crippen LogP contribution in [0.1, 0.15) is 13.3 Å². The van der Waals surface area contributed by atoms with Gasteiger partial charge in [-0.2, -0.15) is 0 Å². The third-order valence-corrected chi connectivity index (χ3v) is 1.88. The summed E-state index contributed by atoms with van der Waals surface area (Å²) in [7, 11) is 0. The first-order chi connectivity index (χ1) is 4.79. The second kappa shape index (κ2) is 2.82. The standard InChI is InChI=1S/C7H11NO2/c1-2-8-4-3-6(5-9)7(8)10/h5-6H,2-4H2,1H3. The number of nitrogens with zero attached hydrogens (tertiary/aromatic N) is 1. The summed E-state index contributed by atoms with van der Waals surface area (Å²) < 4.78 is 0. The molecule has 0 saturated carbocycles. The predicted molar refractivity (Wildman–Crippen MR) is 36.4 cm³/mol. The van der Waals surface area contributed by atoms with Crippen LogP contribution < -0.4 is 0 Å². The fraction of sp³-hybridized carbons (Fsp3) is 0.714. The molecule has 0 bridgehead atoms. The van der Waals surface area contributed by atoms with E-state index < -0.39 is 0 Å². The molecule has 1 aliphatic rings. The molecular formula is C7H11NO2. The normalized spacial score (nSPS) is 25.5. The minimum absolute atomic E-state index is 0.00231. The van der Waals surface area contributed by atoms with Crippen LogP contribution in [0.5, 0.6) is 0 Å². The number of carbonyl (C=O) groups excluding carboxylic acids is 2. The van der Waals surface area contributed by atoms with Crippen LogP contribution in [-0.4, -0.2) is 30.2 Å². The number of carbonyl (C=O) groups is 2. The van der Waals surface area contributed by atoms with Gasteiger partial charge in [0.15, 0.2) is 0 Å². The van der Waals surface area contributed by atoms with Crippen LogP contribution in [-0.2, 0) is 9.59 Å². The minimum Gasteiger partial charge on any atom is -0.342 e. The highest BCUT2D eigenvalue weighted by atomic mass is 16.2. The second-order valence-electron chi connectivity index (χ2n) is 2.45. The summed E-state index contributed by atoms with van der Waals surface area (Å²) in [6.45, 7) is 3.40. The molecule has 0 N–H and O–H groups in total. The van der Waals surface area contributed by atoms with Gasteiger partial charge in [0.25, 0.3) is 0 Å². The van der Waals surface area contributed by atoms with E-state index in [-0.39, 0.29) is 11.8 Å². The van der Waals surface area contributed by atoms with Gasteiger partial charge in [0.1, 0.15) is 6.29 Å². The van der Waals surface area contributed by atoms with Crippen LogP contribution in [0.15, 0.2) is 0 Å². The largest absolute Gasteiger partial charge is 0.342 e. The number of rotatable bonds is 2. The molecule has 3 heteroatoms. The van der Waals surface area contributed by atoms with Gasteiger partial charge >= 0.3 is 0 Å². The number of likely N-dealkylation sites (tertiary alicyclic amines) is 1. The average molecular weight is 141 g/mol. The average Bonchev–Trinajstić information content (AvgIpc) is 2.30. The highest BCUT2D eigenvalue weighted by molar-refractivity contribution is 5.93. The van der Waals surface area contributed by atoms with Crippen molar-refractivity contribution in [3.63, 3.8) is 0 Å². The van der Waals surface area contributed by atoms with Crippen molar-refractivity contribution < 1.29 is 9.59 Å². The van der Waals surface area contributed by atoms with Crippen molar-refractivity contribution in [3.05, 3.63) is 0 Å². The van der Waals surface area contributed by atoms with Gasteiger partial charge in [0, 0.05) is 13.1 Å². The maximum absolute atomic E-state index is 11.1. The Morgan fingerprint density at radius 2 is 2.50 bits per heavy atom. The number of hydrogen-bond acceptors (Lipinski definition) is 2. The zero-order valence-corrected chi connectivity index (χ0v) is 6.04. The van der Waals surface area contributed by atoms with E-state index in [1.54, 1.807) is 4.90 Å². The van der Waals surface area contributed by atoms with E-state index in [0.29, 0.717) is 6.42 Å². The first kappa shape index (κ1) is 7.25. The first-order valence-corrected chi connectivity index (χ1v) is 3.53. The molecule has 0 aromatic rings. The van der Waals surface area contributed by atoms with E-state index >= 15 is 0 Å². The molecule has 1 aliphatic heterocycles. The van der Waals surface area contributed by atoms with Crippen LogP contribution in [0.3, 0.4) is 0 Å². The molecule has 1 heterocycles. The van der Waals surface area contributed by atoms with Crippen molar-refractivity contribution in [2.24, 2.45) is 5.92 Å². The molecule has 1 atom stereocenters. The third kappa shape index (κ3) is 1.03. The van der Waals surface area contributed by atoms with Crippen LogP contribution in [0.25, 0.3) is 0 Å². The molecule has 10 heavy (non-hydrogen) atoms. The minimum atomic E-state index is -0.347. The van der Waals surface area contributed by atoms with Gasteiger partial charge < -0.3 is 9.69 Å². The van der Waals surface area contributed by atoms with E-state index in [1.807, 2.05) is 6.92 Å². The van der Waals surface area contributed by atoms with Crippen molar-refractivity contribution in [1.82, 2.24) is 4.90 Å². The van der Waals surface area contributed by atoms with Gasteiger partial charge in [0.05, 0.1) is 5.92 Å². The maximum Gasteiger partial charge on any atom is 0.232 e. The summed E-state index contributed by atoms with van der Waals surface area (Å²) >= 11 is 0. The van der Waals surface area contributed by atoms with Crippen LogP contribution >= 0.6 is 0 Å². The zero-order chi connectivity index (χ0) is 7.56. The number of amides is 1. The monoisotopic (exact) mass is 141 g/mol. The van der Waals surface area contributed by atoms with E-state index in [4.69, 9.17) is 0 Å². The molecule has 0 aliphatic carbocycles. The Hall–Kier alpha value is -0.860. The Morgan fingerprint density at radius 3 is 2.80 bits per heavy atom. The van der Waals surface area contributed by atoms with Gasteiger partial charge in [0.2, 0.25) is 5.91 Å². The summed E-state index contributed by atoms with van der Waals surface area (Å²) in [5, 5.41) is 0. The molecule has 1 unspecified atom stereocenters. The zero-order valence-electron chi connectivity index (χ0n) is 6.04. The fourth-order valence-corrected chi connectivity index (χ4v) is 1.20. The Balaban J connectivity index is 2.57. The Kier molecular flexibility index (Phi) is 2.04. The smallest absolute Gasteiger partial charge is 0.232 e. The van der Waals surface area contributed by atoms with Crippen LogP contribution in [0, 0.1) is 5.92 Å². The fourth-order valence-electron chi connectivity index (χ4n) is 1.20.